The highest BCUT2D eigenvalue weighted by atomic mass is 35.5. The van der Waals surface area contributed by atoms with Crippen molar-refractivity contribution >= 4 is 33.2 Å². The molecular weight excluding hydrogens is 626 g/mol. The van der Waals surface area contributed by atoms with Crippen LogP contribution in [0.3, 0.4) is 0 Å². The van der Waals surface area contributed by atoms with Crippen LogP contribution in [0.5, 0.6) is 5.75 Å². The molecule has 1 aromatic heterocycles. The Balaban J connectivity index is 1.44. The smallest absolute Gasteiger partial charge is 0.264 e. The molecule has 46 heavy (non-hydrogen) atoms. The van der Waals surface area contributed by atoms with Crippen molar-refractivity contribution in [3.63, 3.8) is 0 Å². The van der Waals surface area contributed by atoms with Crippen molar-refractivity contribution in [3.8, 4) is 5.75 Å². The molecule has 1 amide bonds. The number of carbonyl (C=O) groups is 1. The SMILES string of the molecule is C[C@@H]1[C@@H](C)C/C=C/[C@@](O)(c2ncnn2C)[C@@H]2CC[C@H]2CN2CCCCc3cc(Cl)ccc3COc3ccc(cc32)C(=O)NS1(=O)=O. The summed E-state index contributed by atoms with van der Waals surface area (Å²) in [6.45, 7) is 5.06. The summed E-state index contributed by atoms with van der Waals surface area (Å²) < 4.78 is 37.1. The van der Waals surface area contributed by atoms with Gasteiger partial charge >= 0.3 is 0 Å². The minimum Gasteiger partial charge on any atom is -0.487 e. The summed E-state index contributed by atoms with van der Waals surface area (Å²) in [4.78, 5) is 20.1. The molecule has 6 rings (SSSR count). The van der Waals surface area contributed by atoms with Crippen LogP contribution >= 0.6 is 11.6 Å². The Morgan fingerprint density at radius 2 is 1.93 bits per heavy atom. The minimum absolute atomic E-state index is 0.113. The number of halogens is 1. The van der Waals surface area contributed by atoms with Gasteiger partial charge in [0.1, 0.15) is 24.3 Å². The molecule has 0 unspecified atom stereocenters. The van der Waals surface area contributed by atoms with Crippen molar-refractivity contribution in [2.75, 3.05) is 18.0 Å². The molecule has 12 heteroatoms. The zero-order valence-corrected chi connectivity index (χ0v) is 28.1. The van der Waals surface area contributed by atoms with Crippen molar-refractivity contribution in [3.05, 3.63) is 82.4 Å². The maximum atomic E-state index is 13.4. The number of nitrogens with one attached hydrogen (secondary N) is 1. The number of sulfonamides is 1. The lowest BCUT2D eigenvalue weighted by Gasteiger charge is -2.47. The zero-order valence-electron chi connectivity index (χ0n) is 26.5. The lowest BCUT2D eigenvalue weighted by atomic mass is 9.64. The number of allylic oxidation sites excluding steroid dienone is 1. The second-order valence-electron chi connectivity index (χ2n) is 13.1. The Kier molecular flexibility index (Phi) is 9.20. The van der Waals surface area contributed by atoms with Crippen molar-refractivity contribution in [2.45, 2.75) is 69.8 Å². The van der Waals surface area contributed by atoms with Gasteiger partial charge in [-0.1, -0.05) is 30.7 Å². The number of amides is 1. The molecule has 2 bridgehead atoms. The van der Waals surface area contributed by atoms with E-state index in [9.17, 15) is 18.3 Å². The third kappa shape index (κ3) is 6.41. The van der Waals surface area contributed by atoms with Gasteiger partial charge in [0.05, 0.1) is 10.9 Å². The lowest BCUT2D eigenvalue weighted by molar-refractivity contribution is -0.0581. The van der Waals surface area contributed by atoms with Crippen molar-refractivity contribution in [2.24, 2.45) is 24.8 Å². The first-order chi connectivity index (χ1) is 22.0. The Labute approximate surface area is 275 Å². The van der Waals surface area contributed by atoms with E-state index in [2.05, 4.69) is 19.7 Å². The number of aromatic nitrogens is 3. The number of rotatable bonds is 1. The van der Waals surface area contributed by atoms with Crippen LogP contribution in [-0.2, 0) is 35.7 Å². The second kappa shape index (κ2) is 13.0. The highest BCUT2D eigenvalue weighted by Gasteiger charge is 2.49. The molecule has 0 spiro atoms. The number of fused-ring (bicyclic) bond motifs is 3. The Morgan fingerprint density at radius 3 is 2.67 bits per heavy atom. The Morgan fingerprint density at radius 1 is 1.11 bits per heavy atom. The summed E-state index contributed by atoms with van der Waals surface area (Å²) in [6.07, 6.45) is 9.83. The summed E-state index contributed by atoms with van der Waals surface area (Å²) in [5.41, 5.74) is 1.77. The molecule has 3 aliphatic rings. The molecule has 5 atom stereocenters. The fourth-order valence-corrected chi connectivity index (χ4v) is 8.47. The molecule has 246 valence electrons. The molecular formula is C34H42ClN5O5S. The van der Waals surface area contributed by atoms with E-state index in [0.29, 0.717) is 42.7 Å². The number of benzene rings is 2. The van der Waals surface area contributed by atoms with Gasteiger partial charge in [0.2, 0.25) is 10.0 Å². The third-order valence-electron chi connectivity index (χ3n) is 10.2. The number of anilines is 1. The fourth-order valence-electron chi connectivity index (χ4n) is 6.99. The number of carbonyl (C=O) groups excluding carboxylic acids is 1. The largest absolute Gasteiger partial charge is 0.487 e. The highest BCUT2D eigenvalue weighted by molar-refractivity contribution is 7.90. The molecule has 10 nitrogen and oxygen atoms in total. The summed E-state index contributed by atoms with van der Waals surface area (Å²) in [5.74, 6) is 0.0324. The van der Waals surface area contributed by atoms with Gasteiger partial charge in [-0.2, -0.15) is 5.10 Å². The second-order valence-corrected chi connectivity index (χ2v) is 15.5. The number of hydrogen-bond donors (Lipinski definition) is 2. The summed E-state index contributed by atoms with van der Waals surface area (Å²) in [7, 11) is -2.23. The van der Waals surface area contributed by atoms with Gasteiger partial charge in [0.25, 0.3) is 5.91 Å². The van der Waals surface area contributed by atoms with Crippen LogP contribution in [0.2, 0.25) is 5.02 Å². The number of ether oxygens (including phenoxy) is 1. The van der Waals surface area contributed by atoms with Crippen LogP contribution in [0.15, 0.2) is 54.9 Å². The first-order valence-corrected chi connectivity index (χ1v) is 18.0. The molecule has 0 radical (unpaired) electrons. The predicted octanol–water partition coefficient (Wildman–Crippen LogP) is 5.15. The van der Waals surface area contributed by atoms with E-state index in [1.165, 1.54) is 6.33 Å². The van der Waals surface area contributed by atoms with Gasteiger partial charge in [0.15, 0.2) is 5.82 Å². The molecule has 2 N–H and O–H groups in total. The maximum absolute atomic E-state index is 13.4. The van der Waals surface area contributed by atoms with Crippen molar-refractivity contribution in [1.29, 1.82) is 0 Å². The standard InChI is InChI=1S/C34H42ClN5O5S/c1-22-7-6-15-34(42,33-36-21-37-39(33)3)29-13-10-26(29)19-40-16-5-4-8-24-17-28(35)12-9-27(24)20-45-31-14-11-25(18-30(31)40)32(41)38-46(43,44)23(22)2/h6,9,11-12,14-15,17-18,21-23,26,29,42H,4-5,7-8,10,13,16,19-20H2,1-3H3,(H,38,41)/b15-6+/t22-,23+,26-,29+,34-/m0/s1. The molecule has 1 saturated carbocycles. The molecule has 2 aliphatic heterocycles. The minimum atomic E-state index is -4.00. The van der Waals surface area contributed by atoms with Crippen LogP contribution in [0.1, 0.15) is 73.3 Å². The summed E-state index contributed by atoms with van der Waals surface area (Å²) in [5, 5.41) is 16.5. The van der Waals surface area contributed by atoms with Crippen LogP contribution in [0.4, 0.5) is 5.69 Å². The Bertz CT molecular complexity index is 1740. The number of hydrogen-bond acceptors (Lipinski definition) is 8. The number of nitrogens with zero attached hydrogens (tertiary/aromatic N) is 4. The molecule has 1 aliphatic carbocycles. The summed E-state index contributed by atoms with van der Waals surface area (Å²) in [6, 6.07) is 11.0. The first kappa shape index (κ1) is 32.5. The third-order valence-corrected chi connectivity index (χ3v) is 12.3. The van der Waals surface area contributed by atoms with Crippen molar-refractivity contribution < 1.29 is 23.1 Å². The van der Waals surface area contributed by atoms with Crippen molar-refractivity contribution in [1.82, 2.24) is 19.5 Å². The first-order valence-electron chi connectivity index (χ1n) is 16.1. The zero-order chi connectivity index (χ0) is 32.6. The maximum Gasteiger partial charge on any atom is 0.264 e. The van der Waals surface area contributed by atoms with Crippen LogP contribution in [-0.4, -0.2) is 52.5 Å². The van der Waals surface area contributed by atoms with Gasteiger partial charge < -0.3 is 14.7 Å². The van der Waals surface area contributed by atoms with E-state index in [1.54, 1.807) is 42.9 Å². The monoisotopic (exact) mass is 667 g/mol. The van der Waals surface area contributed by atoms with E-state index in [0.717, 1.165) is 48.9 Å². The normalized spacial score (nSPS) is 29.2. The number of aliphatic hydroxyl groups is 1. The molecule has 3 heterocycles. The van der Waals surface area contributed by atoms with Gasteiger partial charge in [-0.25, -0.2) is 18.1 Å². The number of aryl methyl sites for hydroxylation is 2. The summed E-state index contributed by atoms with van der Waals surface area (Å²) >= 11 is 6.34. The average Bonchev–Trinajstić information content (AvgIpc) is 3.43. The fraction of sp³-hybridized carbons (Fsp3) is 0.500. The van der Waals surface area contributed by atoms with Crippen LogP contribution in [0.25, 0.3) is 0 Å². The van der Waals surface area contributed by atoms with Crippen LogP contribution in [0, 0.1) is 17.8 Å². The Hall–Kier alpha value is -3.41. The van der Waals surface area contributed by atoms with E-state index in [-0.39, 0.29) is 23.3 Å². The highest BCUT2D eigenvalue weighted by Crippen LogP contribution is 2.48. The molecule has 3 aromatic rings. The predicted molar refractivity (Wildman–Crippen MR) is 177 cm³/mol. The van der Waals surface area contributed by atoms with Gasteiger partial charge in [-0.15, -0.1) is 0 Å². The van der Waals surface area contributed by atoms with Gasteiger partial charge in [0, 0.05) is 36.6 Å². The molecule has 0 saturated heterocycles. The van der Waals surface area contributed by atoms with E-state index >= 15 is 0 Å². The average molecular weight is 668 g/mol. The molecule has 2 aromatic carbocycles. The van der Waals surface area contributed by atoms with E-state index in [4.69, 9.17) is 16.3 Å². The van der Waals surface area contributed by atoms with Gasteiger partial charge in [-0.05, 0) is 105 Å². The van der Waals surface area contributed by atoms with Crippen LogP contribution < -0.4 is 14.4 Å². The van der Waals surface area contributed by atoms with E-state index < -0.39 is 26.8 Å². The topological polar surface area (TPSA) is 127 Å². The lowest BCUT2D eigenvalue weighted by Crippen LogP contribution is -2.49. The quantitative estimate of drug-likeness (QED) is 0.342. The molecule has 1 fully saturated rings. The van der Waals surface area contributed by atoms with Gasteiger partial charge in [-0.3, -0.25) is 9.48 Å². The van der Waals surface area contributed by atoms with E-state index in [1.807, 2.05) is 31.2 Å².